The van der Waals surface area contributed by atoms with Crippen molar-refractivity contribution in [2.24, 2.45) is 11.8 Å². The topological polar surface area (TPSA) is 87.6 Å². The summed E-state index contributed by atoms with van der Waals surface area (Å²) >= 11 is 0. The highest BCUT2D eigenvalue weighted by Gasteiger charge is 2.33. The molecule has 0 radical (unpaired) electrons. The Kier molecular flexibility index (Phi) is 7.34. The summed E-state index contributed by atoms with van der Waals surface area (Å²) in [6.45, 7) is 8.95. The number of carbonyl (C=O) groups is 1. The summed E-state index contributed by atoms with van der Waals surface area (Å²) in [7, 11) is 1.82. The fraction of sp³-hybridized carbons (Fsp3) is 0.731. The molecule has 4 aliphatic rings. The molecule has 0 aromatic carbocycles. The normalized spacial score (nSPS) is 26.1. The van der Waals surface area contributed by atoms with E-state index in [4.69, 9.17) is 10.4 Å². The number of likely N-dealkylation sites (tertiary alicyclic amines) is 2. The van der Waals surface area contributed by atoms with Crippen molar-refractivity contribution in [2.75, 3.05) is 69.6 Å². The lowest BCUT2D eigenvalue weighted by Gasteiger charge is -2.33. The minimum atomic E-state index is -0.294. The van der Waals surface area contributed by atoms with Gasteiger partial charge in [0.1, 0.15) is 17.3 Å². The van der Waals surface area contributed by atoms with E-state index in [1.807, 2.05) is 19.2 Å². The second-order valence-corrected chi connectivity index (χ2v) is 10.8. The van der Waals surface area contributed by atoms with Crippen LogP contribution in [0.2, 0.25) is 0 Å². The van der Waals surface area contributed by atoms with E-state index in [0.29, 0.717) is 11.4 Å². The van der Waals surface area contributed by atoms with Crippen molar-refractivity contribution in [3.63, 3.8) is 0 Å². The van der Waals surface area contributed by atoms with E-state index in [1.54, 1.807) is 0 Å². The zero-order valence-electron chi connectivity index (χ0n) is 20.7. The molecule has 1 aromatic heterocycles. The lowest BCUT2D eigenvalue weighted by molar-refractivity contribution is -0.115. The molecule has 5 rings (SSSR count). The molecule has 1 amide bonds. The summed E-state index contributed by atoms with van der Waals surface area (Å²) in [6, 6.07) is 4.03. The number of rotatable bonds is 8. The summed E-state index contributed by atoms with van der Waals surface area (Å²) in [4.78, 5) is 25.2. The summed E-state index contributed by atoms with van der Waals surface area (Å²) in [5.41, 5.74) is 0.574. The van der Waals surface area contributed by atoms with Crippen molar-refractivity contribution in [2.45, 2.75) is 51.0 Å². The van der Waals surface area contributed by atoms with Crippen molar-refractivity contribution < 1.29 is 4.79 Å². The first-order valence-corrected chi connectivity index (χ1v) is 13.4. The largest absolute Gasteiger partial charge is 0.373 e. The second kappa shape index (κ2) is 10.6. The maximum Gasteiger partial charge on any atom is 0.270 e. The Morgan fingerprint density at radius 3 is 2.29 bits per heavy atom. The fourth-order valence-electron chi connectivity index (χ4n) is 6.38. The van der Waals surface area contributed by atoms with Crippen LogP contribution in [0.1, 0.15) is 50.5 Å². The summed E-state index contributed by atoms with van der Waals surface area (Å²) in [6.07, 6.45) is 8.61. The SMILES string of the molecule is CNc1nc(N2CC3CCC(C3)C2)ccc1C(=N)C(=O)NC1CCN(CCN2CCCC2)CC1. The third kappa shape index (κ3) is 5.38. The number of nitrogens with one attached hydrogen (secondary N) is 3. The van der Waals surface area contributed by atoms with Crippen LogP contribution in [-0.4, -0.2) is 91.9 Å². The number of aromatic nitrogens is 1. The van der Waals surface area contributed by atoms with Crippen LogP contribution in [0.25, 0.3) is 0 Å². The van der Waals surface area contributed by atoms with E-state index < -0.39 is 0 Å². The first-order valence-electron chi connectivity index (χ1n) is 13.4. The van der Waals surface area contributed by atoms with Crippen LogP contribution in [0, 0.1) is 17.2 Å². The average Bonchev–Trinajstić information content (AvgIpc) is 3.51. The first kappa shape index (κ1) is 23.5. The van der Waals surface area contributed by atoms with E-state index in [2.05, 4.69) is 25.3 Å². The first-order chi connectivity index (χ1) is 16.6. The number of pyridine rings is 1. The zero-order chi connectivity index (χ0) is 23.5. The maximum atomic E-state index is 12.9. The minimum Gasteiger partial charge on any atom is -0.373 e. The van der Waals surface area contributed by atoms with Gasteiger partial charge in [-0.3, -0.25) is 10.2 Å². The molecular weight excluding hydrogens is 426 g/mol. The Balaban J connectivity index is 1.13. The van der Waals surface area contributed by atoms with Crippen molar-refractivity contribution in [1.82, 2.24) is 20.1 Å². The number of nitrogens with zero attached hydrogens (tertiary/aromatic N) is 4. The Labute approximate surface area is 204 Å². The van der Waals surface area contributed by atoms with Gasteiger partial charge in [-0.25, -0.2) is 4.98 Å². The molecule has 4 heterocycles. The number of piperidine rings is 2. The number of carbonyl (C=O) groups excluding carboxylic acids is 1. The van der Waals surface area contributed by atoms with Crippen LogP contribution in [0.15, 0.2) is 12.1 Å². The Morgan fingerprint density at radius 2 is 1.65 bits per heavy atom. The highest BCUT2D eigenvalue weighted by atomic mass is 16.1. The highest BCUT2D eigenvalue weighted by molar-refractivity contribution is 6.45. The van der Waals surface area contributed by atoms with Gasteiger partial charge in [-0.2, -0.15) is 0 Å². The van der Waals surface area contributed by atoms with E-state index >= 15 is 0 Å². The average molecular weight is 468 g/mol. The molecule has 0 spiro atoms. The molecule has 2 bridgehead atoms. The minimum absolute atomic E-state index is 0.00132. The Hall–Kier alpha value is -2.19. The van der Waals surface area contributed by atoms with Crippen LogP contribution < -0.4 is 15.5 Å². The Morgan fingerprint density at radius 1 is 1.00 bits per heavy atom. The summed E-state index contributed by atoms with van der Waals surface area (Å²) in [5.74, 6) is 2.85. The molecule has 2 atom stereocenters. The molecule has 3 aliphatic heterocycles. The van der Waals surface area contributed by atoms with Crippen LogP contribution in [0.5, 0.6) is 0 Å². The van der Waals surface area contributed by atoms with Gasteiger partial charge in [-0.05, 0) is 82.0 Å². The lowest BCUT2D eigenvalue weighted by Crippen LogP contribution is -2.47. The monoisotopic (exact) mass is 467 g/mol. The molecule has 3 N–H and O–H groups in total. The molecule has 1 aromatic rings. The second-order valence-electron chi connectivity index (χ2n) is 10.8. The summed E-state index contributed by atoms with van der Waals surface area (Å²) < 4.78 is 0. The number of fused-ring (bicyclic) bond motifs is 2. The molecule has 186 valence electrons. The van der Waals surface area contributed by atoms with Crippen molar-refractivity contribution in [3.8, 4) is 0 Å². The fourth-order valence-corrected chi connectivity index (χ4v) is 6.38. The van der Waals surface area contributed by atoms with E-state index in [9.17, 15) is 4.79 Å². The third-order valence-electron chi connectivity index (χ3n) is 8.40. The maximum absolute atomic E-state index is 12.9. The van der Waals surface area contributed by atoms with Gasteiger partial charge in [-0.1, -0.05) is 0 Å². The van der Waals surface area contributed by atoms with Gasteiger partial charge in [0, 0.05) is 57.9 Å². The lowest BCUT2D eigenvalue weighted by atomic mass is 9.99. The van der Waals surface area contributed by atoms with Gasteiger partial charge in [0.15, 0.2) is 0 Å². The molecule has 3 saturated heterocycles. The van der Waals surface area contributed by atoms with Crippen LogP contribution in [-0.2, 0) is 4.79 Å². The van der Waals surface area contributed by atoms with Crippen molar-refractivity contribution >= 4 is 23.3 Å². The molecule has 2 unspecified atom stereocenters. The van der Waals surface area contributed by atoms with Gasteiger partial charge in [0.05, 0.1) is 0 Å². The Bertz CT molecular complexity index is 864. The van der Waals surface area contributed by atoms with Gasteiger partial charge >= 0.3 is 0 Å². The standard InChI is InChI=1S/C26H41N7O/c1-28-25-22(6-7-23(30-25)33-17-19-4-5-20(16-19)18-33)24(27)26(34)29-21-8-12-32(13-9-21)15-14-31-10-2-3-11-31/h6-7,19-21,27H,2-5,8-18H2,1H3,(H,28,30)(H,29,34). The predicted molar refractivity (Wildman–Crippen MR) is 137 cm³/mol. The number of amides is 1. The van der Waals surface area contributed by atoms with Crippen LogP contribution in [0.3, 0.4) is 0 Å². The number of anilines is 2. The van der Waals surface area contributed by atoms with E-state index in [-0.39, 0.29) is 17.7 Å². The molecular formula is C26H41N7O. The zero-order valence-corrected chi connectivity index (χ0v) is 20.7. The van der Waals surface area contributed by atoms with E-state index in [0.717, 1.165) is 69.8 Å². The quantitative estimate of drug-likeness (QED) is 0.509. The highest BCUT2D eigenvalue weighted by Crippen LogP contribution is 2.38. The van der Waals surface area contributed by atoms with Crippen LogP contribution >= 0.6 is 0 Å². The molecule has 1 aliphatic carbocycles. The van der Waals surface area contributed by atoms with Crippen molar-refractivity contribution in [3.05, 3.63) is 17.7 Å². The number of hydrogen-bond acceptors (Lipinski definition) is 7. The smallest absolute Gasteiger partial charge is 0.270 e. The third-order valence-corrected chi connectivity index (χ3v) is 8.40. The summed E-state index contributed by atoms with van der Waals surface area (Å²) in [5, 5.41) is 14.8. The molecule has 8 heteroatoms. The van der Waals surface area contributed by atoms with Gasteiger partial charge < -0.3 is 25.3 Å². The van der Waals surface area contributed by atoms with Crippen molar-refractivity contribution in [1.29, 1.82) is 5.41 Å². The molecule has 8 nitrogen and oxygen atoms in total. The van der Waals surface area contributed by atoms with Gasteiger partial charge in [-0.15, -0.1) is 0 Å². The molecule has 4 fully saturated rings. The molecule has 1 saturated carbocycles. The van der Waals surface area contributed by atoms with Gasteiger partial charge in [0.25, 0.3) is 5.91 Å². The number of hydrogen-bond donors (Lipinski definition) is 3. The van der Waals surface area contributed by atoms with E-state index in [1.165, 1.54) is 45.2 Å². The van der Waals surface area contributed by atoms with Crippen LogP contribution in [0.4, 0.5) is 11.6 Å². The predicted octanol–water partition coefficient (Wildman–Crippen LogP) is 2.40. The van der Waals surface area contributed by atoms with Gasteiger partial charge in [0.2, 0.25) is 0 Å². The molecule has 34 heavy (non-hydrogen) atoms.